The summed E-state index contributed by atoms with van der Waals surface area (Å²) < 4.78 is 14.5. The van der Waals surface area contributed by atoms with Gasteiger partial charge in [-0.25, -0.2) is 4.39 Å². The summed E-state index contributed by atoms with van der Waals surface area (Å²) in [6.07, 6.45) is 1.80. The van der Waals surface area contributed by atoms with Crippen molar-refractivity contribution in [2.24, 2.45) is 0 Å². The van der Waals surface area contributed by atoms with Gasteiger partial charge in [0.15, 0.2) is 0 Å². The van der Waals surface area contributed by atoms with Crippen LogP contribution in [0.3, 0.4) is 0 Å². The van der Waals surface area contributed by atoms with E-state index in [0.29, 0.717) is 10.5 Å². The van der Waals surface area contributed by atoms with Crippen LogP contribution >= 0.6 is 27.7 Å². The lowest BCUT2D eigenvalue weighted by Gasteiger charge is -2.20. The molecule has 0 aliphatic carbocycles. The molecular formula is C10H12BrFOS. The number of aliphatic hydroxyl groups is 1. The maximum absolute atomic E-state index is 13.7. The summed E-state index contributed by atoms with van der Waals surface area (Å²) in [5.41, 5.74) is -0.838. The Kier molecular flexibility index (Phi) is 3.61. The van der Waals surface area contributed by atoms with E-state index in [1.807, 2.05) is 0 Å². The fourth-order valence-corrected chi connectivity index (χ4v) is 2.30. The predicted octanol–water partition coefficient (Wildman–Crippen LogP) is 3.54. The van der Waals surface area contributed by atoms with Gasteiger partial charge in [0.05, 0.1) is 5.60 Å². The standard InChI is InChI=1S/C10H12BrFOS/c1-10(2,13)7-4-6(11)5-8(14-3)9(7)12/h4-5,13H,1-3H3. The predicted molar refractivity (Wildman–Crippen MR) is 61.1 cm³/mol. The smallest absolute Gasteiger partial charge is 0.142 e. The van der Waals surface area contributed by atoms with Crippen LogP contribution < -0.4 is 0 Å². The van der Waals surface area contributed by atoms with Crippen LogP contribution in [0.1, 0.15) is 19.4 Å². The molecule has 0 aliphatic heterocycles. The van der Waals surface area contributed by atoms with E-state index in [2.05, 4.69) is 15.9 Å². The van der Waals surface area contributed by atoms with Crippen molar-refractivity contribution in [2.45, 2.75) is 24.3 Å². The Morgan fingerprint density at radius 1 is 1.43 bits per heavy atom. The minimum atomic E-state index is -1.15. The Balaban J connectivity index is 3.37. The number of hydrogen-bond donors (Lipinski definition) is 1. The van der Waals surface area contributed by atoms with Crippen molar-refractivity contribution in [3.63, 3.8) is 0 Å². The zero-order chi connectivity index (χ0) is 10.9. The van der Waals surface area contributed by atoms with Gasteiger partial charge in [-0.1, -0.05) is 15.9 Å². The fraction of sp³-hybridized carbons (Fsp3) is 0.400. The van der Waals surface area contributed by atoms with E-state index in [9.17, 15) is 9.50 Å². The van der Waals surface area contributed by atoms with Gasteiger partial charge in [0.1, 0.15) is 5.82 Å². The average molecular weight is 279 g/mol. The Labute approximate surface area is 95.8 Å². The van der Waals surface area contributed by atoms with Crippen LogP contribution in [0.2, 0.25) is 0 Å². The maximum Gasteiger partial charge on any atom is 0.142 e. The molecule has 0 heterocycles. The lowest BCUT2D eigenvalue weighted by Crippen LogP contribution is -2.18. The quantitative estimate of drug-likeness (QED) is 0.836. The zero-order valence-electron chi connectivity index (χ0n) is 8.27. The minimum Gasteiger partial charge on any atom is -0.386 e. The molecule has 0 atom stereocenters. The number of thioether (sulfide) groups is 1. The third kappa shape index (κ3) is 2.49. The molecule has 4 heteroatoms. The van der Waals surface area contributed by atoms with Crippen LogP contribution in [0.25, 0.3) is 0 Å². The lowest BCUT2D eigenvalue weighted by molar-refractivity contribution is 0.0739. The van der Waals surface area contributed by atoms with E-state index in [-0.39, 0.29) is 5.82 Å². The van der Waals surface area contributed by atoms with E-state index in [4.69, 9.17) is 0 Å². The first-order valence-electron chi connectivity index (χ1n) is 4.12. The first-order chi connectivity index (χ1) is 6.36. The van der Waals surface area contributed by atoms with Crippen LogP contribution in [-0.2, 0) is 5.60 Å². The molecule has 1 N–H and O–H groups in total. The topological polar surface area (TPSA) is 20.2 Å². The van der Waals surface area contributed by atoms with E-state index >= 15 is 0 Å². The highest BCUT2D eigenvalue weighted by molar-refractivity contribution is 9.10. The molecule has 1 rings (SSSR count). The summed E-state index contributed by atoms with van der Waals surface area (Å²) in [5.74, 6) is -0.340. The molecule has 0 saturated carbocycles. The largest absolute Gasteiger partial charge is 0.386 e. The third-order valence-electron chi connectivity index (χ3n) is 1.88. The molecule has 0 unspecified atom stereocenters. The molecule has 0 aliphatic rings. The molecule has 14 heavy (non-hydrogen) atoms. The summed E-state index contributed by atoms with van der Waals surface area (Å²) in [4.78, 5) is 0.538. The van der Waals surface area contributed by atoms with Crippen molar-refractivity contribution in [1.82, 2.24) is 0 Å². The maximum atomic E-state index is 13.7. The van der Waals surface area contributed by atoms with Crippen molar-refractivity contribution in [2.75, 3.05) is 6.26 Å². The molecular weight excluding hydrogens is 267 g/mol. The van der Waals surface area contributed by atoms with Gasteiger partial charge in [0.25, 0.3) is 0 Å². The SMILES string of the molecule is CSc1cc(Br)cc(C(C)(C)O)c1F. The van der Waals surface area contributed by atoms with Crippen molar-refractivity contribution in [3.8, 4) is 0 Å². The van der Waals surface area contributed by atoms with E-state index in [1.165, 1.54) is 11.8 Å². The van der Waals surface area contributed by atoms with Crippen molar-refractivity contribution in [3.05, 3.63) is 28.0 Å². The molecule has 0 spiro atoms. The van der Waals surface area contributed by atoms with Crippen molar-refractivity contribution >= 4 is 27.7 Å². The number of halogens is 2. The third-order valence-corrected chi connectivity index (χ3v) is 3.08. The normalized spacial score (nSPS) is 11.9. The summed E-state index contributed by atoms with van der Waals surface area (Å²) in [6.45, 7) is 3.14. The molecule has 0 fully saturated rings. The monoisotopic (exact) mass is 278 g/mol. The van der Waals surface area contributed by atoms with Gasteiger partial charge in [-0.15, -0.1) is 11.8 Å². The van der Waals surface area contributed by atoms with Gasteiger partial charge < -0.3 is 5.11 Å². The second-order valence-electron chi connectivity index (χ2n) is 3.53. The molecule has 0 saturated heterocycles. The molecule has 0 radical (unpaired) electrons. The van der Waals surface area contributed by atoms with Gasteiger partial charge in [-0.3, -0.25) is 0 Å². The van der Waals surface area contributed by atoms with Crippen LogP contribution in [0.4, 0.5) is 4.39 Å². The molecule has 1 aromatic rings. The van der Waals surface area contributed by atoms with Crippen LogP contribution in [0.15, 0.2) is 21.5 Å². The minimum absolute atomic E-state index is 0.316. The van der Waals surface area contributed by atoms with Crippen LogP contribution in [0.5, 0.6) is 0 Å². The summed E-state index contributed by atoms with van der Waals surface area (Å²) in [5, 5.41) is 9.74. The Morgan fingerprint density at radius 2 is 2.00 bits per heavy atom. The highest BCUT2D eigenvalue weighted by atomic mass is 79.9. The summed E-state index contributed by atoms with van der Waals surface area (Å²) >= 11 is 4.61. The highest BCUT2D eigenvalue weighted by Gasteiger charge is 2.23. The molecule has 1 aromatic carbocycles. The van der Waals surface area contributed by atoms with Crippen LogP contribution in [-0.4, -0.2) is 11.4 Å². The molecule has 0 bridgehead atoms. The zero-order valence-corrected chi connectivity index (χ0v) is 10.7. The number of hydrogen-bond acceptors (Lipinski definition) is 2. The van der Waals surface area contributed by atoms with Gasteiger partial charge in [-0.2, -0.15) is 0 Å². The lowest BCUT2D eigenvalue weighted by atomic mass is 9.98. The molecule has 0 aromatic heterocycles. The van der Waals surface area contributed by atoms with E-state index < -0.39 is 5.60 Å². The van der Waals surface area contributed by atoms with Gasteiger partial charge in [-0.05, 0) is 32.2 Å². The molecule has 0 amide bonds. The Hall–Kier alpha value is -0.0600. The van der Waals surface area contributed by atoms with E-state index in [0.717, 1.165) is 4.47 Å². The number of benzene rings is 1. The molecule has 78 valence electrons. The fourth-order valence-electron chi connectivity index (χ4n) is 1.16. The average Bonchev–Trinajstić information content (AvgIpc) is 2.06. The van der Waals surface area contributed by atoms with Crippen molar-refractivity contribution < 1.29 is 9.50 Å². The molecule has 1 nitrogen and oxygen atoms in total. The number of rotatable bonds is 2. The van der Waals surface area contributed by atoms with E-state index in [1.54, 1.807) is 32.2 Å². The van der Waals surface area contributed by atoms with Crippen LogP contribution in [0, 0.1) is 5.82 Å². The Morgan fingerprint density at radius 3 is 2.43 bits per heavy atom. The highest BCUT2D eigenvalue weighted by Crippen LogP contribution is 2.32. The first kappa shape index (κ1) is 12.0. The first-order valence-corrected chi connectivity index (χ1v) is 6.14. The van der Waals surface area contributed by atoms with Gasteiger partial charge in [0.2, 0.25) is 0 Å². The van der Waals surface area contributed by atoms with Gasteiger partial charge in [0, 0.05) is 14.9 Å². The summed E-state index contributed by atoms with van der Waals surface area (Å²) in [7, 11) is 0. The second kappa shape index (κ2) is 4.21. The second-order valence-corrected chi connectivity index (χ2v) is 5.29. The van der Waals surface area contributed by atoms with Gasteiger partial charge >= 0.3 is 0 Å². The van der Waals surface area contributed by atoms with Crippen molar-refractivity contribution in [1.29, 1.82) is 0 Å². The Bertz CT molecular complexity index is 347. The summed E-state index contributed by atoms with van der Waals surface area (Å²) in [6, 6.07) is 3.31.